The van der Waals surface area contributed by atoms with Gasteiger partial charge in [0.15, 0.2) is 11.1 Å². The molecule has 0 bridgehead atoms. The number of nitro benzene ring substituents is 1. The molecule has 11 heteroatoms. The van der Waals surface area contributed by atoms with E-state index in [0.717, 1.165) is 0 Å². The summed E-state index contributed by atoms with van der Waals surface area (Å²) in [4.78, 5) is 26.1. The van der Waals surface area contributed by atoms with Gasteiger partial charge in [0.05, 0.1) is 29.3 Å². The molecule has 0 spiro atoms. The van der Waals surface area contributed by atoms with Gasteiger partial charge in [0.1, 0.15) is 12.2 Å². The third kappa shape index (κ3) is 4.84. The number of imidazole rings is 1. The van der Waals surface area contributed by atoms with Crippen molar-refractivity contribution in [2.24, 2.45) is 0 Å². The smallest absolute Gasteiger partial charge is 0.325 e. The minimum absolute atomic E-state index is 0.0919. The number of esters is 1. The zero-order valence-corrected chi connectivity index (χ0v) is 14.1. The number of nitro groups is 1. The Bertz CT molecular complexity index is 793. The molecule has 0 aliphatic rings. The Morgan fingerprint density at radius 3 is 2.84 bits per heavy atom. The van der Waals surface area contributed by atoms with Crippen LogP contribution in [-0.2, 0) is 26.4 Å². The van der Waals surface area contributed by atoms with Gasteiger partial charge in [-0.15, -0.1) is 0 Å². The molecule has 0 radical (unpaired) electrons. The zero-order valence-electron chi connectivity index (χ0n) is 13.2. The van der Waals surface area contributed by atoms with Gasteiger partial charge < -0.3 is 19.2 Å². The number of nitrogens with zero attached hydrogens (tertiary/aromatic N) is 3. The van der Waals surface area contributed by atoms with Gasteiger partial charge in [-0.25, -0.2) is 9.19 Å². The van der Waals surface area contributed by atoms with Crippen LogP contribution in [0.2, 0.25) is 0 Å². The van der Waals surface area contributed by atoms with Gasteiger partial charge >= 0.3 is 5.97 Å². The molecule has 0 fully saturated rings. The number of rotatable bonds is 8. The highest BCUT2D eigenvalue weighted by molar-refractivity contribution is 7.78. The van der Waals surface area contributed by atoms with Crippen molar-refractivity contribution in [3.63, 3.8) is 0 Å². The summed E-state index contributed by atoms with van der Waals surface area (Å²) in [6, 6.07) is 2.64. The molecule has 1 heterocycles. The van der Waals surface area contributed by atoms with Gasteiger partial charge in [0, 0.05) is 18.5 Å². The number of ether oxygens (including phenoxy) is 1. The Morgan fingerprint density at radius 2 is 2.28 bits per heavy atom. The summed E-state index contributed by atoms with van der Waals surface area (Å²) in [6.45, 7) is 1.61. The largest absolute Gasteiger partial charge is 0.465 e. The third-order valence-corrected chi connectivity index (χ3v) is 3.74. The lowest BCUT2D eigenvalue weighted by Crippen LogP contribution is -2.17. The molecule has 0 amide bonds. The first-order valence-corrected chi connectivity index (χ1v) is 8.46. The highest BCUT2D eigenvalue weighted by Crippen LogP contribution is 2.31. The van der Waals surface area contributed by atoms with E-state index < -0.39 is 22.0 Å². The number of carbonyl (C=O) groups is 1. The van der Waals surface area contributed by atoms with Gasteiger partial charge in [-0.3, -0.25) is 14.9 Å². The van der Waals surface area contributed by atoms with Crippen LogP contribution in [0.4, 0.5) is 11.4 Å². The standard InChI is InChI=1S/C14H16N4O6S/c1-2-24-14(19)7-16-11-6-12(17-4-3-15-9-17)10(8-25(22)23)5-13(11)18(20)21/h3-6,9,16H,2,7-8H2,1H3,(H,22,23). The van der Waals surface area contributed by atoms with E-state index in [4.69, 9.17) is 9.29 Å². The van der Waals surface area contributed by atoms with Gasteiger partial charge in [-0.05, 0) is 18.6 Å². The monoisotopic (exact) mass is 368 g/mol. The van der Waals surface area contributed by atoms with E-state index in [0.29, 0.717) is 11.3 Å². The molecule has 0 saturated heterocycles. The lowest BCUT2D eigenvalue weighted by molar-refractivity contribution is -0.384. The Kier molecular flexibility index (Phi) is 6.19. The van der Waals surface area contributed by atoms with E-state index in [2.05, 4.69) is 10.3 Å². The fraction of sp³-hybridized carbons (Fsp3) is 0.286. The van der Waals surface area contributed by atoms with Crippen molar-refractivity contribution in [3.05, 3.63) is 46.5 Å². The predicted octanol–water partition coefficient (Wildman–Crippen LogP) is 1.48. The summed E-state index contributed by atoms with van der Waals surface area (Å²) in [5.41, 5.74) is 0.520. The Balaban J connectivity index is 2.46. The molecule has 0 aliphatic heterocycles. The van der Waals surface area contributed by atoms with Crippen molar-refractivity contribution in [2.75, 3.05) is 18.5 Å². The van der Waals surface area contributed by atoms with Gasteiger partial charge in [0.25, 0.3) is 5.69 Å². The fourth-order valence-electron chi connectivity index (χ4n) is 2.18. The SMILES string of the molecule is CCOC(=O)CNc1cc(-n2ccnc2)c(CS(=O)O)cc1[N+](=O)[O-]. The van der Waals surface area contributed by atoms with Crippen LogP contribution in [0.5, 0.6) is 0 Å². The number of hydrogen-bond acceptors (Lipinski definition) is 7. The second kappa shape index (κ2) is 8.35. The molecule has 134 valence electrons. The van der Waals surface area contributed by atoms with Crippen LogP contribution in [0.25, 0.3) is 5.69 Å². The maximum atomic E-state index is 11.5. The topological polar surface area (TPSA) is 137 Å². The fourth-order valence-corrected chi connectivity index (χ4v) is 2.68. The maximum absolute atomic E-state index is 11.5. The van der Waals surface area contributed by atoms with E-state index >= 15 is 0 Å². The van der Waals surface area contributed by atoms with Gasteiger partial charge in [-0.2, -0.15) is 0 Å². The molecule has 2 rings (SSSR count). The Morgan fingerprint density at radius 1 is 1.52 bits per heavy atom. The van der Waals surface area contributed by atoms with E-state index in [1.54, 1.807) is 17.7 Å². The first-order chi connectivity index (χ1) is 11.9. The molecule has 0 saturated carbocycles. The zero-order chi connectivity index (χ0) is 18.4. The molecular formula is C14H16N4O6S. The average Bonchev–Trinajstić information content (AvgIpc) is 3.07. The summed E-state index contributed by atoms with van der Waals surface area (Å²) in [5, 5.41) is 14.0. The minimum Gasteiger partial charge on any atom is -0.465 e. The van der Waals surface area contributed by atoms with Crippen LogP contribution >= 0.6 is 0 Å². The van der Waals surface area contributed by atoms with Crippen LogP contribution < -0.4 is 5.32 Å². The summed E-state index contributed by atoms with van der Waals surface area (Å²) in [5.74, 6) is -0.839. The lowest BCUT2D eigenvalue weighted by Gasteiger charge is -2.13. The number of carbonyl (C=O) groups excluding carboxylic acids is 1. The molecule has 10 nitrogen and oxygen atoms in total. The molecule has 1 atom stereocenters. The number of aromatic nitrogens is 2. The molecule has 1 aromatic carbocycles. The van der Waals surface area contributed by atoms with Gasteiger partial charge in [0.2, 0.25) is 0 Å². The molecule has 1 unspecified atom stereocenters. The van der Waals surface area contributed by atoms with Crippen molar-refractivity contribution in [1.29, 1.82) is 0 Å². The highest BCUT2D eigenvalue weighted by atomic mass is 32.2. The van der Waals surface area contributed by atoms with E-state index in [1.807, 2.05) is 0 Å². The lowest BCUT2D eigenvalue weighted by atomic mass is 10.1. The molecular weight excluding hydrogens is 352 g/mol. The quantitative estimate of drug-likeness (QED) is 0.309. The number of hydrogen-bond donors (Lipinski definition) is 2. The van der Waals surface area contributed by atoms with Crippen LogP contribution in [0, 0.1) is 10.1 Å². The van der Waals surface area contributed by atoms with Crippen LogP contribution in [0.1, 0.15) is 12.5 Å². The Hall–Kier alpha value is -2.79. The third-order valence-electron chi connectivity index (χ3n) is 3.18. The van der Waals surface area contributed by atoms with Crippen LogP contribution in [0.15, 0.2) is 30.9 Å². The molecule has 2 N–H and O–H groups in total. The van der Waals surface area contributed by atoms with Crippen molar-refractivity contribution in [1.82, 2.24) is 9.55 Å². The molecule has 25 heavy (non-hydrogen) atoms. The molecule has 0 aliphatic carbocycles. The number of nitrogens with one attached hydrogen (secondary N) is 1. The average molecular weight is 368 g/mol. The number of benzene rings is 1. The van der Waals surface area contributed by atoms with E-state index in [1.165, 1.54) is 24.7 Å². The van der Waals surface area contributed by atoms with Crippen molar-refractivity contribution >= 4 is 28.4 Å². The maximum Gasteiger partial charge on any atom is 0.325 e. The van der Waals surface area contributed by atoms with E-state index in [-0.39, 0.29) is 30.3 Å². The van der Waals surface area contributed by atoms with Gasteiger partial charge in [-0.1, -0.05) is 0 Å². The summed E-state index contributed by atoms with van der Waals surface area (Å²) >= 11 is -2.18. The van der Waals surface area contributed by atoms with E-state index in [9.17, 15) is 19.1 Å². The first-order valence-electron chi connectivity index (χ1n) is 7.19. The normalized spacial score (nSPS) is 11.8. The van der Waals surface area contributed by atoms with Crippen LogP contribution in [-0.4, -0.2) is 42.4 Å². The second-order valence-electron chi connectivity index (χ2n) is 4.85. The summed E-state index contributed by atoms with van der Waals surface area (Å²) < 4.78 is 26.7. The molecule has 2 aromatic rings. The van der Waals surface area contributed by atoms with Crippen molar-refractivity contribution in [2.45, 2.75) is 12.7 Å². The van der Waals surface area contributed by atoms with Crippen molar-refractivity contribution < 1.29 is 23.2 Å². The second-order valence-corrected chi connectivity index (χ2v) is 5.78. The predicted molar refractivity (Wildman–Crippen MR) is 89.8 cm³/mol. The number of anilines is 1. The highest BCUT2D eigenvalue weighted by Gasteiger charge is 2.20. The van der Waals surface area contributed by atoms with Crippen molar-refractivity contribution in [3.8, 4) is 5.69 Å². The summed E-state index contributed by atoms with van der Waals surface area (Å²) in [7, 11) is 0. The summed E-state index contributed by atoms with van der Waals surface area (Å²) in [6.07, 6.45) is 4.56. The molecule has 1 aromatic heterocycles. The minimum atomic E-state index is -2.18. The first kappa shape index (κ1) is 18.5. The Labute approximate surface area is 145 Å². The van der Waals surface area contributed by atoms with Crippen LogP contribution in [0.3, 0.4) is 0 Å².